The second kappa shape index (κ2) is 5.69. The van der Waals surface area contributed by atoms with Gasteiger partial charge in [0, 0.05) is 17.7 Å². The topological polar surface area (TPSA) is 38.7 Å². The van der Waals surface area contributed by atoms with Gasteiger partial charge in [0.05, 0.1) is 14.2 Å². The fourth-order valence-electron chi connectivity index (χ4n) is 2.19. The minimum absolute atomic E-state index is 0.100. The van der Waals surface area contributed by atoms with Gasteiger partial charge in [0.2, 0.25) is 0 Å². The van der Waals surface area contributed by atoms with Crippen LogP contribution in [0, 0.1) is 11.6 Å². The van der Waals surface area contributed by atoms with Gasteiger partial charge in [-0.25, -0.2) is 8.78 Å². The summed E-state index contributed by atoms with van der Waals surface area (Å²) in [6, 6.07) is 7.77. The Morgan fingerprint density at radius 1 is 0.952 bits per heavy atom. The fourth-order valence-corrected chi connectivity index (χ4v) is 2.19. The van der Waals surface area contributed by atoms with Crippen molar-refractivity contribution in [2.75, 3.05) is 14.2 Å². The molecule has 1 unspecified atom stereocenters. The van der Waals surface area contributed by atoms with Crippen molar-refractivity contribution in [3.63, 3.8) is 0 Å². The molecule has 0 aromatic heterocycles. The van der Waals surface area contributed by atoms with Gasteiger partial charge in [-0.2, -0.15) is 0 Å². The molecule has 2 aromatic carbocycles. The maximum absolute atomic E-state index is 13.4. The Bertz CT molecular complexity index is 634. The van der Waals surface area contributed by atoms with Gasteiger partial charge in [-0.1, -0.05) is 0 Å². The molecule has 3 nitrogen and oxygen atoms in total. The molecule has 112 valence electrons. The highest BCUT2D eigenvalue weighted by molar-refractivity contribution is 5.48. The molecule has 0 fully saturated rings. The van der Waals surface area contributed by atoms with Crippen molar-refractivity contribution >= 4 is 0 Å². The first kappa shape index (κ1) is 15.3. The predicted octanol–water partition coefficient (Wildman–Crippen LogP) is 3.24. The van der Waals surface area contributed by atoms with Gasteiger partial charge < -0.3 is 14.6 Å². The Balaban J connectivity index is 2.57. The van der Waals surface area contributed by atoms with Crippen LogP contribution in [0.2, 0.25) is 0 Å². The van der Waals surface area contributed by atoms with Crippen molar-refractivity contribution in [2.24, 2.45) is 0 Å². The number of halogens is 2. The number of hydrogen-bond acceptors (Lipinski definition) is 3. The molecule has 0 heterocycles. The van der Waals surface area contributed by atoms with E-state index in [1.807, 2.05) is 0 Å². The smallest absolute Gasteiger partial charge is 0.128 e. The summed E-state index contributed by atoms with van der Waals surface area (Å²) in [5, 5.41) is 10.7. The highest BCUT2D eigenvalue weighted by Crippen LogP contribution is 2.37. The first-order valence-electron chi connectivity index (χ1n) is 6.30. The molecular weight excluding hydrogens is 278 g/mol. The van der Waals surface area contributed by atoms with Gasteiger partial charge in [0.1, 0.15) is 28.7 Å². The van der Waals surface area contributed by atoms with Gasteiger partial charge in [-0.3, -0.25) is 0 Å². The van der Waals surface area contributed by atoms with E-state index in [9.17, 15) is 13.9 Å². The molecule has 0 radical (unpaired) electrons. The van der Waals surface area contributed by atoms with E-state index in [0.717, 1.165) is 18.2 Å². The minimum atomic E-state index is -1.61. The van der Waals surface area contributed by atoms with Crippen molar-refractivity contribution in [1.82, 2.24) is 0 Å². The molecule has 1 atom stereocenters. The summed E-state index contributed by atoms with van der Waals surface area (Å²) in [5.41, 5.74) is -1.13. The number of benzene rings is 2. The molecule has 0 amide bonds. The van der Waals surface area contributed by atoms with Crippen LogP contribution in [0.15, 0.2) is 36.4 Å². The third-order valence-electron chi connectivity index (χ3n) is 3.36. The fraction of sp³-hybridized carbons (Fsp3) is 0.250. The van der Waals surface area contributed by atoms with E-state index in [-0.39, 0.29) is 5.56 Å². The van der Waals surface area contributed by atoms with E-state index in [2.05, 4.69) is 0 Å². The normalized spacial score (nSPS) is 13.6. The SMILES string of the molecule is COc1ccc(C(C)(O)c2cc(F)cc(F)c2)c(OC)c1. The van der Waals surface area contributed by atoms with Gasteiger partial charge in [0.15, 0.2) is 0 Å². The molecule has 21 heavy (non-hydrogen) atoms. The summed E-state index contributed by atoms with van der Waals surface area (Å²) < 4.78 is 37.1. The lowest BCUT2D eigenvalue weighted by Gasteiger charge is -2.26. The first-order chi connectivity index (χ1) is 9.88. The van der Waals surface area contributed by atoms with Crippen LogP contribution in [0.4, 0.5) is 8.78 Å². The van der Waals surface area contributed by atoms with Crippen LogP contribution < -0.4 is 9.47 Å². The average Bonchev–Trinajstić information content (AvgIpc) is 2.45. The van der Waals surface area contributed by atoms with E-state index in [1.165, 1.54) is 21.1 Å². The van der Waals surface area contributed by atoms with Crippen LogP contribution in [0.25, 0.3) is 0 Å². The molecular formula is C16H16F2O3. The zero-order valence-electron chi connectivity index (χ0n) is 12.0. The zero-order chi connectivity index (χ0) is 15.6. The number of rotatable bonds is 4. The molecule has 0 bridgehead atoms. The molecule has 0 aliphatic heterocycles. The van der Waals surface area contributed by atoms with Gasteiger partial charge in [-0.05, 0) is 36.8 Å². The number of ether oxygens (including phenoxy) is 2. The minimum Gasteiger partial charge on any atom is -0.497 e. The lowest BCUT2D eigenvalue weighted by atomic mass is 9.87. The maximum atomic E-state index is 13.4. The highest BCUT2D eigenvalue weighted by Gasteiger charge is 2.30. The van der Waals surface area contributed by atoms with Crippen LogP contribution >= 0.6 is 0 Å². The van der Waals surface area contributed by atoms with Gasteiger partial charge in [0.25, 0.3) is 0 Å². The van der Waals surface area contributed by atoms with Crippen LogP contribution in [-0.4, -0.2) is 19.3 Å². The molecule has 0 aliphatic carbocycles. The molecule has 0 aliphatic rings. The Morgan fingerprint density at radius 3 is 2.10 bits per heavy atom. The van der Waals surface area contributed by atoms with Crippen molar-refractivity contribution in [3.8, 4) is 11.5 Å². The summed E-state index contributed by atoms with van der Waals surface area (Å²) in [6.07, 6.45) is 0. The Hall–Kier alpha value is -2.14. The van der Waals surface area contributed by atoms with Crippen molar-refractivity contribution in [1.29, 1.82) is 0 Å². The molecule has 5 heteroatoms. The summed E-state index contributed by atoms with van der Waals surface area (Å²) >= 11 is 0. The molecule has 0 saturated carbocycles. The summed E-state index contributed by atoms with van der Waals surface area (Å²) in [6.45, 7) is 1.45. The quantitative estimate of drug-likeness (QED) is 0.941. The second-order valence-corrected chi connectivity index (χ2v) is 4.80. The molecule has 2 aromatic rings. The van der Waals surface area contributed by atoms with Crippen LogP contribution in [0.1, 0.15) is 18.1 Å². The third-order valence-corrected chi connectivity index (χ3v) is 3.36. The number of aliphatic hydroxyl groups is 1. The van der Waals surface area contributed by atoms with Gasteiger partial charge in [-0.15, -0.1) is 0 Å². The van der Waals surface area contributed by atoms with Crippen molar-refractivity contribution in [3.05, 3.63) is 59.2 Å². The van der Waals surface area contributed by atoms with Crippen LogP contribution in [0.3, 0.4) is 0 Å². The van der Waals surface area contributed by atoms with E-state index >= 15 is 0 Å². The van der Waals surface area contributed by atoms with E-state index in [0.29, 0.717) is 17.1 Å². The lowest BCUT2D eigenvalue weighted by molar-refractivity contribution is 0.0981. The Labute approximate surface area is 121 Å². The van der Waals surface area contributed by atoms with Gasteiger partial charge >= 0.3 is 0 Å². The van der Waals surface area contributed by atoms with E-state index < -0.39 is 17.2 Å². The summed E-state index contributed by atoms with van der Waals surface area (Å²) in [7, 11) is 2.95. The Kier molecular flexibility index (Phi) is 4.14. The molecule has 0 saturated heterocycles. The molecule has 1 N–H and O–H groups in total. The highest BCUT2D eigenvalue weighted by atomic mass is 19.1. The number of hydrogen-bond donors (Lipinski definition) is 1. The third kappa shape index (κ3) is 2.97. The lowest BCUT2D eigenvalue weighted by Crippen LogP contribution is -2.24. The molecule has 0 spiro atoms. The largest absolute Gasteiger partial charge is 0.497 e. The Morgan fingerprint density at radius 2 is 1.57 bits per heavy atom. The van der Waals surface area contributed by atoms with Crippen LogP contribution in [0.5, 0.6) is 11.5 Å². The predicted molar refractivity (Wildman–Crippen MR) is 74.6 cm³/mol. The average molecular weight is 294 g/mol. The maximum Gasteiger partial charge on any atom is 0.128 e. The molecule has 2 rings (SSSR count). The second-order valence-electron chi connectivity index (χ2n) is 4.80. The number of methoxy groups -OCH3 is 2. The summed E-state index contributed by atoms with van der Waals surface area (Å²) in [4.78, 5) is 0. The summed E-state index contributed by atoms with van der Waals surface area (Å²) in [5.74, 6) is -0.587. The first-order valence-corrected chi connectivity index (χ1v) is 6.30. The monoisotopic (exact) mass is 294 g/mol. The van der Waals surface area contributed by atoms with E-state index in [4.69, 9.17) is 9.47 Å². The van der Waals surface area contributed by atoms with E-state index in [1.54, 1.807) is 18.2 Å². The van der Waals surface area contributed by atoms with Crippen LogP contribution in [-0.2, 0) is 5.60 Å². The standard InChI is InChI=1S/C16H16F2O3/c1-16(19,10-6-11(17)8-12(18)7-10)14-5-4-13(20-2)9-15(14)21-3/h4-9,19H,1-3H3. The van der Waals surface area contributed by atoms with Crippen molar-refractivity contribution in [2.45, 2.75) is 12.5 Å². The van der Waals surface area contributed by atoms with Crippen molar-refractivity contribution < 1.29 is 23.4 Å². The zero-order valence-corrected chi connectivity index (χ0v) is 12.0.